The molecule has 0 radical (unpaired) electrons. The fourth-order valence-electron chi connectivity index (χ4n) is 3.42. The molecule has 1 aromatic carbocycles. The Morgan fingerprint density at radius 1 is 1.43 bits per heavy atom. The quantitative estimate of drug-likeness (QED) is 0.510. The topological polar surface area (TPSA) is 121 Å². The molecule has 1 spiro atoms. The summed E-state index contributed by atoms with van der Waals surface area (Å²) in [7, 11) is 0. The summed E-state index contributed by atoms with van der Waals surface area (Å²) in [6, 6.07) is 4.11. The maximum Gasteiger partial charge on any atom is 0.270 e. The highest BCUT2D eigenvalue weighted by molar-refractivity contribution is 5.96. The number of H-pyrrole nitrogens is 1. The number of rotatable bonds is 3. The number of carbonyl (C=O) groups is 1. The Bertz CT molecular complexity index is 866. The highest BCUT2D eigenvalue weighted by Crippen LogP contribution is 2.65. The van der Waals surface area contributed by atoms with Crippen LogP contribution in [0.2, 0.25) is 0 Å². The molecular weight excluding hydrogens is 300 g/mol. The first-order valence-corrected chi connectivity index (χ1v) is 7.45. The van der Waals surface area contributed by atoms with E-state index in [1.165, 1.54) is 18.2 Å². The molecule has 2 aliphatic rings. The van der Waals surface area contributed by atoms with Crippen LogP contribution in [-0.2, 0) is 4.79 Å². The van der Waals surface area contributed by atoms with Gasteiger partial charge < -0.3 is 10.1 Å². The molecule has 23 heavy (non-hydrogen) atoms. The Hall–Kier alpha value is -2.77. The van der Waals surface area contributed by atoms with E-state index < -0.39 is 4.92 Å². The van der Waals surface area contributed by atoms with Gasteiger partial charge in [0.05, 0.1) is 10.4 Å². The van der Waals surface area contributed by atoms with E-state index in [1.54, 1.807) is 0 Å². The Balaban J connectivity index is 1.64. The average Bonchev–Trinajstić information content (AvgIpc) is 3.17. The average molecular weight is 314 g/mol. The molecule has 2 fully saturated rings. The number of nitro benzene ring substituents is 1. The van der Waals surface area contributed by atoms with Gasteiger partial charge in [-0.05, 0) is 30.7 Å². The summed E-state index contributed by atoms with van der Waals surface area (Å²) in [5.41, 5.74) is 0.601. The van der Waals surface area contributed by atoms with E-state index in [-0.39, 0.29) is 34.5 Å². The van der Waals surface area contributed by atoms with Crippen LogP contribution in [0, 0.1) is 21.4 Å². The number of fused-ring (bicyclic) bond motifs is 1. The number of nitro groups is 1. The van der Waals surface area contributed by atoms with Crippen molar-refractivity contribution in [2.45, 2.75) is 25.7 Å². The van der Waals surface area contributed by atoms with Crippen LogP contribution in [-0.4, -0.2) is 20.9 Å². The number of aromatic amines is 1. The summed E-state index contributed by atoms with van der Waals surface area (Å²) in [5.74, 6) is -0.586. The Morgan fingerprint density at radius 3 is 2.83 bits per heavy atom. The monoisotopic (exact) mass is 314 g/mol. The van der Waals surface area contributed by atoms with E-state index in [2.05, 4.69) is 15.2 Å². The highest BCUT2D eigenvalue weighted by Gasteiger charge is 2.61. The second-order valence-electron chi connectivity index (χ2n) is 6.32. The van der Waals surface area contributed by atoms with Crippen molar-refractivity contribution >= 4 is 28.2 Å². The summed E-state index contributed by atoms with van der Waals surface area (Å²) < 4.78 is 0. The molecule has 8 heteroatoms. The van der Waals surface area contributed by atoms with Crippen LogP contribution < -0.4 is 0 Å². The van der Waals surface area contributed by atoms with Gasteiger partial charge in [-0.1, -0.05) is 6.42 Å². The van der Waals surface area contributed by atoms with E-state index in [9.17, 15) is 20.0 Å². The molecule has 1 amide bonds. The molecule has 1 heterocycles. The Kier molecular flexibility index (Phi) is 2.78. The van der Waals surface area contributed by atoms with Gasteiger partial charge >= 0.3 is 0 Å². The molecule has 8 nitrogen and oxygen atoms in total. The molecule has 2 N–H and O–H groups in total. The van der Waals surface area contributed by atoms with Gasteiger partial charge in [0.2, 0.25) is 5.88 Å². The van der Waals surface area contributed by atoms with E-state index >= 15 is 0 Å². The molecule has 118 valence electrons. The molecule has 2 aromatic rings. The van der Waals surface area contributed by atoms with E-state index in [0.717, 1.165) is 25.7 Å². The van der Waals surface area contributed by atoms with Crippen LogP contribution >= 0.6 is 0 Å². The van der Waals surface area contributed by atoms with Crippen LogP contribution in [0.15, 0.2) is 28.4 Å². The first-order chi connectivity index (χ1) is 11.0. The van der Waals surface area contributed by atoms with Crippen LogP contribution in [0.25, 0.3) is 10.9 Å². The van der Waals surface area contributed by atoms with Crippen molar-refractivity contribution in [2.24, 2.45) is 21.6 Å². The molecule has 0 aliphatic heterocycles. The fourth-order valence-corrected chi connectivity index (χ4v) is 3.42. The van der Waals surface area contributed by atoms with Gasteiger partial charge in [0.15, 0.2) is 5.69 Å². The predicted octanol–water partition coefficient (Wildman–Crippen LogP) is 3.58. The summed E-state index contributed by atoms with van der Waals surface area (Å²) in [5, 5.41) is 28.7. The molecular formula is C15H14N4O4. The number of non-ortho nitro benzene ring substituents is 1. The molecule has 2 aliphatic carbocycles. The van der Waals surface area contributed by atoms with Crippen molar-refractivity contribution in [3.05, 3.63) is 28.3 Å². The third-order valence-electron chi connectivity index (χ3n) is 5.03. The molecule has 2 saturated carbocycles. The second kappa shape index (κ2) is 4.61. The number of hydrogen-bond donors (Lipinski definition) is 2. The minimum atomic E-state index is -0.528. The Labute approximate surface area is 130 Å². The van der Waals surface area contributed by atoms with Crippen molar-refractivity contribution < 1.29 is 14.8 Å². The summed E-state index contributed by atoms with van der Waals surface area (Å²) in [6.45, 7) is 0. The standard InChI is InChI=1S/C15H14N4O4/c20-13(10-7-15(10)4-1-5-15)18-17-12-9-6-8(19(22)23)2-3-11(9)16-14(12)21/h2-3,6,10,16,21H,1,4-5,7H2/t10-/m0/s1. The lowest BCUT2D eigenvalue weighted by atomic mass is 9.80. The van der Waals surface area contributed by atoms with E-state index in [1.807, 2.05) is 0 Å². The molecule has 4 rings (SSSR count). The van der Waals surface area contributed by atoms with Gasteiger partial charge in [0.1, 0.15) is 0 Å². The zero-order chi connectivity index (χ0) is 16.2. The molecule has 1 atom stereocenters. The number of aromatic nitrogens is 1. The van der Waals surface area contributed by atoms with Crippen molar-refractivity contribution in [1.29, 1.82) is 0 Å². The fraction of sp³-hybridized carbons (Fsp3) is 0.400. The van der Waals surface area contributed by atoms with Gasteiger partial charge in [-0.2, -0.15) is 0 Å². The van der Waals surface area contributed by atoms with Crippen molar-refractivity contribution in [1.82, 2.24) is 4.98 Å². The summed E-state index contributed by atoms with van der Waals surface area (Å²) >= 11 is 0. The first kappa shape index (κ1) is 13.9. The second-order valence-corrected chi connectivity index (χ2v) is 6.32. The first-order valence-electron chi connectivity index (χ1n) is 7.45. The number of azo groups is 1. The van der Waals surface area contributed by atoms with Crippen molar-refractivity contribution in [2.75, 3.05) is 0 Å². The molecule has 0 saturated heterocycles. The largest absolute Gasteiger partial charge is 0.493 e. The zero-order valence-electron chi connectivity index (χ0n) is 12.2. The van der Waals surface area contributed by atoms with Gasteiger partial charge in [-0.15, -0.1) is 10.2 Å². The lowest BCUT2D eigenvalue weighted by molar-refractivity contribution is -0.384. The van der Waals surface area contributed by atoms with Gasteiger partial charge in [-0.3, -0.25) is 14.9 Å². The zero-order valence-corrected chi connectivity index (χ0v) is 12.2. The van der Waals surface area contributed by atoms with E-state index in [0.29, 0.717) is 10.9 Å². The predicted molar refractivity (Wildman–Crippen MR) is 80.5 cm³/mol. The maximum atomic E-state index is 12.1. The number of nitrogens with zero attached hydrogens (tertiary/aromatic N) is 3. The third-order valence-corrected chi connectivity index (χ3v) is 5.03. The number of hydrogen-bond acceptors (Lipinski definition) is 5. The third kappa shape index (κ3) is 2.09. The number of benzene rings is 1. The van der Waals surface area contributed by atoms with Crippen LogP contribution in [0.3, 0.4) is 0 Å². The van der Waals surface area contributed by atoms with E-state index in [4.69, 9.17) is 0 Å². The SMILES string of the molecule is O=C(N=Nc1c(O)[nH]c2ccc([N+](=O)[O-])cc12)[C@@H]1CC12CCC2. The van der Waals surface area contributed by atoms with Crippen molar-refractivity contribution in [3.8, 4) is 5.88 Å². The number of amides is 1. The van der Waals surface area contributed by atoms with Gasteiger partial charge in [0.25, 0.3) is 11.6 Å². The van der Waals surface area contributed by atoms with Crippen LogP contribution in [0.1, 0.15) is 25.7 Å². The Morgan fingerprint density at radius 2 is 2.22 bits per heavy atom. The minimum Gasteiger partial charge on any atom is -0.493 e. The lowest BCUT2D eigenvalue weighted by Gasteiger charge is -2.25. The van der Waals surface area contributed by atoms with Crippen molar-refractivity contribution in [3.63, 3.8) is 0 Å². The van der Waals surface area contributed by atoms with Gasteiger partial charge in [-0.25, -0.2) is 0 Å². The lowest BCUT2D eigenvalue weighted by Crippen LogP contribution is -2.17. The highest BCUT2D eigenvalue weighted by atomic mass is 16.6. The van der Waals surface area contributed by atoms with Gasteiger partial charge in [0, 0.05) is 23.4 Å². The van der Waals surface area contributed by atoms with Crippen LogP contribution in [0.4, 0.5) is 11.4 Å². The maximum absolute atomic E-state index is 12.1. The molecule has 1 aromatic heterocycles. The summed E-state index contributed by atoms with van der Waals surface area (Å²) in [6.07, 6.45) is 4.18. The molecule has 0 unspecified atom stereocenters. The minimum absolute atomic E-state index is 0.0540. The normalized spacial score (nSPS) is 21.7. The van der Waals surface area contributed by atoms with Crippen LogP contribution in [0.5, 0.6) is 5.88 Å². The number of aromatic hydroxyl groups is 1. The number of nitrogens with one attached hydrogen (secondary N) is 1. The smallest absolute Gasteiger partial charge is 0.270 e. The summed E-state index contributed by atoms with van der Waals surface area (Å²) in [4.78, 5) is 25.1. The molecule has 0 bridgehead atoms. The number of carbonyl (C=O) groups excluding carboxylic acids is 1.